The van der Waals surface area contributed by atoms with Gasteiger partial charge in [0.15, 0.2) is 25.7 Å². The lowest BCUT2D eigenvalue weighted by Crippen LogP contribution is -2.57. The summed E-state index contributed by atoms with van der Waals surface area (Å²) in [6, 6.07) is 6.23. The highest BCUT2D eigenvalue weighted by atomic mass is 28.4. The molecule has 2 aromatic heterocycles. The second kappa shape index (κ2) is 11.2. The number of aryl methyl sites for hydroxylation is 2. The normalized spacial score (nSPS) is 20.1. The molecule has 4 heterocycles. The van der Waals surface area contributed by atoms with Gasteiger partial charge in [-0.1, -0.05) is 26.8 Å². The minimum Gasteiger partial charge on any atom is -0.493 e. The van der Waals surface area contributed by atoms with Gasteiger partial charge in [-0.15, -0.1) is 10.2 Å². The molecule has 1 N–H and O–H groups in total. The van der Waals surface area contributed by atoms with Gasteiger partial charge in [-0.05, 0) is 50.2 Å². The molecule has 2 aliphatic rings. The highest BCUT2D eigenvalue weighted by molar-refractivity contribution is 6.74. The van der Waals surface area contributed by atoms with Crippen molar-refractivity contribution in [3.63, 3.8) is 0 Å². The lowest BCUT2D eigenvalue weighted by molar-refractivity contribution is 0.0524. The SMILES string of the molecule is COc1c(F)cccc1-c1cc2c(nn1)NC[C@]1(C(F)F)C[C@@H](Oc3nc(C)c(CO[Si](C)(C)C(C)(C)C)c(C)n3)CN21. The summed E-state index contributed by atoms with van der Waals surface area (Å²) >= 11 is 0. The zero-order valence-corrected chi connectivity index (χ0v) is 26.9. The zero-order chi connectivity index (χ0) is 31.3. The Hall–Kier alpha value is -3.45. The van der Waals surface area contributed by atoms with Crippen molar-refractivity contribution in [2.45, 2.75) is 83.8 Å². The van der Waals surface area contributed by atoms with Gasteiger partial charge >= 0.3 is 6.01 Å². The van der Waals surface area contributed by atoms with Gasteiger partial charge in [-0.2, -0.15) is 0 Å². The Labute approximate surface area is 251 Å². The largest absolute Gasteiger partial charge is 0.493 e. The van der Waals surface area contributed by atoms with E-state index in [4.69, 9.17) is 13.9 Å². The van der Waals surface area contributed by atoms with E-state index in [9.17, 15) is 13.2 Å². The molecule has 0 unspecified atom stereocenters. The molecule has 1 saturated heterocycles. The van der Waals surface area contributed by atoms with Gasteiger partial charge in [0.1, 0.15) is 11.6 Å². The number of para-hydroxylation sites is 1. The number of halogens is 3. The first-order chi connectivity index (χ1) is 20.2. The van der Waals surface area contributed by atoms with Gasteiger partial charge in [-0.3, -0.25) is 0 Å². The number of hydrogen-bond acceptors (Lipinski definition) is 9. The minimum absolute atomic E-state index is 0.00400. The van der Waals surface area contributed by atoms with E-state index in [2.05, 4.69) is 59.3 Å². The molecular weight excluding hydrogens is 577 g/mol. The molecule has 232 valence electrons. The summed E-state index contributed by atoms with van der Waals surface area (Å²) in [6.45, 7) is 15.2. The highest BCUT2D eigenvalue weighted by Crippen LogP contribution is 2.46. The maximum Gasteiger partial charge on any atom is 0.317 e. The molecule has 0 aliphatic carbocycles. The maximum absolute atomic E-state index is 14.8. The second-order valence-corrected chi connectivity index (χ2v) is 17.6. The predicted molar refractivity (Wildman–Crippen MR) is 161 cm³/mol. The maximum atomic E-state index is 14.8. The van der Waals surface area contributed by atoms with Crippen molar-refractivity contribution in [1.29, 1.82) is 0 Å². The van der Waals surface area contributed by atoms with Crippen LogP contribution in [0, 0.1) is 19.7 Å². The van der Waals surface area contributed by atoms with Crippen LogP contribution in [0.2, 0.25) is 18.1 Å². The minimum atomic E-state index is -2.69. The van der Waals surface area contributed by atoms with Crippen molar-refractivity contribution in [1.82, 2.24) is 20.2 Å². The van der Waals surface area contributed by atoms with E-state index >= 15 is 0 Å². The monoisotopic (exact) mass is 616 g/mol. The third-order valence-electron chi connectivity index (χ3n) is 9.04. The van der Waals surface area contributed by atoms with E-state index in [1.807, 2.05) is 13.8 Å². The Morgan fingerprint density at radius 1 is 1.14 bits per heavy atom. The van der Waals surface area contributed by atoms with Crippen molar-refractivity contribution in [3.05, 3.63) is 47.0 Å². The summed E-state index contributed by atoms with van der Waals surface area (Å²) in [7, 11) is -0.621. The molecule has 5 rings (SSSR count). The second-order valence-electron chi connectivity index (χ2n) is 12.8. The summed E-state index contributed by atoms with van der Waals surface area (Å²) in [6.07, 6.45) is -3.27. The van der Waals surface area contributed by atoms with Crippen LogP contribution in [-0.2, 0) is 11.0 Å². The van der Waals surface area contributed by atoms with Crippen LogP contribution in [0.1, 0.15) is 44.1 Å². The van der Waals surface area contributed by atoms with Crippen molar-refractivity contribution >= 4 is 19.8 Å². The number of ether oxygens (including phenoxy) is 2. The number of methoxy groups -OCH3 is 1. The molecule has 3 aromatic rings. The fraction of sp³-hybridized carbons (Fsp3) is 0.533. The predicted octanol–water partition coefficient (Wildman–Crippen LogP) is 6.31. The van der Waals surface area contributed by atoms with E-state index in [0.717, 1.165) is 17.0 Å². The number of anilines is 2. The van der Waals surface area contributed by atoms with Gasteiger partial charge in [0.2, 0.25) is 0 Å². The van der Waals surface area contributed by atoms with Crippen molar-refractivity contribution in [2.24, 2.45) is 0 Å². The van der Waals surface area contributed by atoms with Crippen molar-refractivity contribution in [2.75, 3.05) is 30.4 Å². The Kier molecular flexibility index (Phi) is 8.10. The molecule has 0 saturated carbocycles. The molecule has 0 spiro atoms. The topological polar surface area (TPSA) is 94.5 Å². The molecule has 1 aromatic carbocycles. The number of alkyl halides is 2. The molecular formula is C30H39F3N6O3Si. The number of hydrogen-bond donors (Lipinski definition) is 1. The average Bonchev–Trinajstić information content (AvgIpc) is 3.31. The van der Waals surface area contributed by atoms with Crippen LogP contribution in [0.4, 0.5) is 24.7 Å². The fourth-order valence-electron chi connectivity index (χ4n) is 5.41. The van der Waals surface area contributed by atoms with Gasteiger partial charge in [-0.25, -0.2) is 23.1 Å². The van der Waals surface area contributed by atoms with E-state index < -0.39 is 32.2 Å². The summed E-state index contributed by atoms with van der Waals surface area (Å²) in [4.78, 5) is 10.8. The van der Waals surface area contributed by atoms with Crippen LogP contribution in [0.3, 0.4) is 0 Å². The molecule has 1 fully saturated rings. The Balaban J connectivity index is 1.40. The zero-order valence-electron chi connectivity index (χ0n) is 25.9. The molecule has 0 radical (unpaired) electrons. The smallest absolute Gasteiger partial charge is 0.317 e. The Morgan fingerprint density at radius 2 is 1.84 bits per heavy atom. The van der Waals surface area contributed by atoms with E-state index in [0.29, 0.717) is 29.4 Å². The average molecular weight is 617 g/mol. The number of nitrogens with one attached hydrogen (secondary N) is 1. The molecule has 13 heteroatoms. The summed E-state index contributed by atoms with van der Waals surface area (Å²) in [5.74, 6) is -0.188. The quantitative estimate of drug-likeness (QED) is 0.292. The van der Waals surface area contributed by atoms with Crippen LogP contribution in [-0.4, -0.2) is 66.8 Å². The first kappa shape index (κ1) is 31.0. The number of nitrogens with zero attached hydrogens (tertiary/aromatic N) is 5. The third-order valence-corrected chi connectivity index (χ3v) is 13.5. The molecule has 43 heavy (non-hydrogen) atoms. The Bertz CT molecular complexity index is 1500. The van der Waals surface area contributed by atoms with E-state index in [-0.39, 0.29) is 36.3 Å². The summed E-state index contributed by atoms with van der Waals surface area (Å²) in [5.41, 5.74) is 1.92. The lowest BCUT2D eigenvalue weighted by Gasteiger charge is -2.43. The van der Waals surface area contributed by atoms with Crippen LogP contribution < -0.4 is 19.7 Å². The molecule has 0 bridgehead atoms. The Morgan fingerprint density at radius 3 is 2.47 bits per heavy atom. The fourth-order valence-corrected chi connectivity index (χ4v) is 6.35. The van der Waals surface area contributed by atoms with Crippen LogP contribution >= 0.6 is 0 Å². The molecule has 9 nitrogen and oxygen atoms in total. The molecule has 2 aliphatic heterocycles. The van der Waals surface area contributed by atoms with Crippen molar-refractivity contribution in [3.8, 4) is 23.0 Å². The van der Waals surface area contributed by atoms with Crippen LogP contribution in [0.15, 0.2) is 24.3 Å². The number of rotatable bonds is 8. The standard InChI is InChI=1S/C30H39F3N6O3Si/c1-17-21(15-41-43(7,8)29(3,4)5)18(2)36-28(35-17)42-19-13-30(27(32)33)16-34-26-24(39(30)14-19)12-23(37-38-26)20-10-9-11-22(31)25(20)40-6/h9-12,19,27H,13-16H2,1-8H3,(H,34,38)/t19-,30+/m1/s1. The van der Waals surface area contributed by atoms with Gasteiger partial charge < -0.3 is 24.1 Å². The summed E-state index contributed by atoms with van der Waals surface area (Å²) in [5, 5.41) is 11.6. The van der Waals surface area contributed by atoms with Gasteiger partial charge in [0.25, 0.3) is 6.43 Å². The first-order valence-electron chi connectivity index (χ1n) is 14.3. The van der Waals surface area contributed by atoms with Crippen LogP contribution in [0.5, 0.6) is 11.8 Å². The number of fused-ring (bicyclic) bond motifs is 3. The molecule has 2 atom stereocenters. The van der Waals surface area contributed by atoms with Gasteiger partial charge in [0, 0.05) is 24.1 Å². The van der Waals surface area contributed by atoms with Gasteiger partial charge in [0.05, 0.1) is 43.0 Å². The lowest BCUT2D eigenvalue weighted by atomic mass is 9.93. The van der Waals surface area contributed by atoms with Crippen molar-refractivity contribution < 1.29 is 27.1 Å². The highest BCUT2D eigenvalue weighted by Gasteiger charge is 2.56. The first-order valence-corrected chi connectivity index (χ1v) is 17.2. The summed E-state index contributed by atoms with van der Waals surface area (Å²) < 4.78 is 61.9. The van der Waals surface area contributed by atoms with Crippen LogP contribution in [0.25, 0.3) is 11.3 Å². The van der Waals surface area contributed by atoms with E-state index in [1.54, 1.807) is 17.0 Å². The number of benzene rings is 1. The van der Waals surface area contributed by atoms with E-state index in [1.165, 1.54) is 19.2 Å². The number of aromatic nitrogens is 4. The molecule has 0 amide bonds. The third kappa shape index (κ3) is 5.64.